The van der Waals surface area contributed by atoms with E-state index in [4.69, 9.17) is 5.73 Å². The van der Waals surface area contributed by atoms with Gasteiger partial charge in [0.1, 0.15) is 5.82 Å². The molecule has 212 valence electrons. The summed E-state index contributed by atoms with van der Waals surface area (Å²) >= 11 is 0. The highest BCUT2D eigenvalue weighted by Crippen LogP contribution is 2.34. The minimum atomic E-state index is -4.72. The molecule has 1 unspecified atom stereocenters. The van der Waals surface area contributed by atoms with Crippen molar-refractivity contribution in [2.75, 3.05) is 6.54 Å². The number of alkyl halides is 3. The van der Waals surface area contributed by atoms with Crippen LogP contribution in [0, 0.1) is 5.92 Å². The maximum atomic E-state index is 13.8. The highest BCUT2D eigenvalue weighted by Gasteiger charge is 2.38. The SMILES string of the molecule is CCC(C)C.NC1=NC(c2ccccc2)C(=O)N1Cc1ccc(C(F)(F)F)c(C(=O)N2CCn3ccnc3C2)c1. The van der Waals surface area contributed by atoms with Crippen LogP contribution in [-0.4, -0.2) is 43.7 Å². The molecular formula is C29H33F3N6O2. The zero-order chi connectivity index (χ0) is 29.0. The van der Waals surface area contributed by atoms with Gasteiger partial charge in [0.25, 0.3) is 11.8 Å². The van der Waals surface area contributed by atoms with Crippen LogP contribution in [0.25, 0.3) is 0 Å². The summed E-state index contributed by atoms with van der Waals surface area (Å²) in [5, 5.41) is 0. The number of aliphatic imine (C=N–C) groups is 1. The van der Waals surface area contributed by atoms with Crippen molar-refractivity contribution >= 4 is 17.8 Å². The third-order valence-corrected chi connectivity index (χ3v) is 6.96. The summed E-state index contributed by atoms with van der Waals surface area (Å²) in [5.74, 6) is 0.330. The molecule has 0 saturated carbocycles. The van der Waals surface area contributed by atoms with Gasteiger partial charge in [0.2, 0.25) is 0 Å². The van der Waals surface area contributed by atoms with Crippen molar-refractivity contribution in [2.45, 2.75) is 59.0 Å². The van der Waals surface area contributed by atoms with Crippen LogP contribution in [0.15, 0.2) is 65.9 Å². The number of benzene rings is 2. The summed E-state index contributed by atoms with van der Waals surface area (Å²) in [6.07, 6.45) is -0.0619. The monoisotopic (exact) mass is 554 g/mol. The number of carbonyl (C=O) groups excluding carboxylic acids is 2. The summed E-state index contributed by atoms with van der Waals surface area (Å²) < 4.78 is 43.2. The van der Waals surface area contributed by atoms with E-state index in [0.717, 1.165) is 12.0 Å². The van der Waals surface area contributed by atoms with Crippen LogP contribution in [0.5, 0.6) is 0 Å². The second kappa shape index (κ2) is 11.9. The highest BCUT2D eigenvalue weighted by atomic mass is 19.4. The zero-order valence-corrected chi connectivity index (χ0v) is 22.7. The van der Waals surface area contributed by atoms with Gasteiger partial charge in [-0.05, 0) is 29.2 Å². The Bertz CT molecular complexity index is 1380. The molecule has 0 radical (unpaired) electrons. The van der Waals surface area contributed by atoms with Gasteiger partial charge in [-0.25, -0.2) is 9.98 Å². The second-order valence-corrected chi connectivity index (χ2v) is 10.2. The van der Waals surface area contributed by atoms with E-state index in [1.165, 1.54) is 28.4 Å². The Balaban J connectivity index is 0.000000681. The van der Waals surface area contributed by atoms with Gasteiger partial charge in [-0.3, -0.25) is 14.5 Å². The highest BCUT2D eigenvalue weighted by molar-refractivity contribution is 6.04. The fraction of sp³-hybridized carbons (Fsp3) is 0.379. The van der Waals surface area contributed by atoms with E-state index in [1.54, 1.807) is 36.7 Å². The lowest BCUT2D eigenvalue weighted by Crippen LogP contribution is -2.39. The average molecular weight is 555 g/mol. The molecule has 1 aromatic heterocycles. The normalized spacial score (nSPS) is 16.9. The van der Waals surface area contributed by atoms with Crippen molar-refractivity contribution < 1.29 is 22.8 Å². The molecular weight excluding hydrogens is 521 g/mol. The van der Waals surface area contributed by atoms with Gasteiger partial charge >= 0.3 is 6.18 Å². The van der Waals surface area contributed by atoms with Gasteiger partial charge in [-0.1, -0.05) is 63.6 Å². The maximum Gasteiger partial charge on any atom is 0.417 e. The summed E-state index contributed by atoms with van der Waals surface area (Å²) in [6, 6.07) is 11.4. The number of nitrogens with zero attached hydrogens (tertiary/aromatic N) is 5. The number of hydrogen-bond donors (Lipinski definition) is 1. The predicted octanol–water partition coefficient (Wildman–Crippen LogP) is 5.01. The lowest BCUT2D eigenvalue weighted by Gasteiger charge is -2.29. The molecule has 3 heterocycles. The number of imidazole rings is 1. The molecule has 0 spiro atoms. The number of halogens is 3. The van der Waals surface area contributed by atoms with Crippen LogP contribution in [-0.2, 0) is 30.6 Å². The van der Waals surface area contributed by atoms with Gasteiger partial charge in [-0.15, -0.1) is 0 Å². The molecule has 0 fully saturated rings. The standard InChI is InChI=1S/C24H21F3N6O2.C5H12/c25-24(26,27)18-7-6-15(12-17(18)21(34)32-11-10-31-9-8-29-19(31)14-32)13-33-22(35)20(30-23(33)28)16-4-2-1-3-5-16;1-4-5(2)3/h1-9,12,20H,10-11,13-14H2,(H2,28,30);5H,4H2,1-3H3. The molecule has 2 aliphatic rings. The Kier molecular flexibility index (Phi) is 8.61. The molecule has 0 aliphatic carbocycles. The molecule has 3 aromatic rings. The minimum Gasteiger partial charge on any atom is -0.369 e. The molecule has 0 bridgehead atoms. The van der Waals surface area contributed by atoms with Crippen LogP contribution in [0.1, 0.15) is 66.1 Å². The summed E-state index contributed by atoms with van der Waals surface area (Å²) in [7, 11) is 0. The quantitative estimate of drug-likeness (QED) is 0.480. The second-order valence-electron chi connectivity index (χ2n) is 10.2. The number of rotatable bonds is 5. The first-order valence-electron chi connectivity index (χ1n) is 13.2. The summed E-state index contributed by atoms with van der Waals surface area (Å²) in [5.41, 5.74) is 5.47. The van der Waals surface area contributed by atoms with E-state index in [-0.39, 0.29) is 31.5 Å². The topological polar surface area (TPSA) is 96.8 Å². The lowest BCUT2D eigenvalue weighted by molar-refractivity contribution is -0.138. The Labute approximate surface area is 231 Å². The number of carbonyl (C=O) groups is 2. The molecule has 2 N–H and O–H groups in total. The molecule has 2 aromatic carbocycles. The van der Waals surface area contributed by atoms with Gasteiger partial charge in [0.05, 0.1) is 24.2 Å². The molecule has 2 amide bonds. The molecule has 40 heavy (non-hydrogen) atoms. The Morgan fingerprint density at radius 2 is 1.82 bits per heavy atom. The van der Waals surface area contributed by atoms with E-state index < -0.39 is 29.3 Å². The zero-order valence-electron chi connectivity index (χ0n) is 22.7. The first-order chi connectivity index (χ1) is 19.0. The fourth-order valence-corrected chi connectivity index (χ4v) is 4.34. The molecule has 5 rings (SSSR count). The number of nitrogens with two attached hydrogens (primary N) is 1. The summed E-state index contributed by atoms with van der Waals surface area (Å²) in [6.45, 7) is 7.34. The van der Waals surface area contributed by atoms with Crippen molar-refractivity contribution in [1.82, 2.24) is 19.4 Å². The van der Waals surface area contributed by atoms with Crippen molar-refractivity contribution in [3.05, 3.63) is 89.0 Å². The number of guanidine groups is 1. The van der Waals surface area contributed by atoms with Crippen LogP contribution in [0.4, 0.5) is 13.2 Å². The van der Waals surface area contributed by atoms with Gasteiger partial charge < -0.3 is 15.2 Å². The van der Waals surface area contributed by atoms with E-state index in [0.29, 0.717) is 23.5 Å². The minimum absolute atomic E-state index is 0.0282. The van der Waals surface area contributed by atoms with Crippen LogP contribution < -0.4 is 5.73 Å². The first-order valence-corrected chi connectivity index (χ1v) is 13.2. The van der Waals surface area contributed by atoms with Crippen LogP contribution in [0.3, 0.4) is 0 Å². The van der Waals surface area contributed by atoms with E-state index in [1.807, 2.05) is 10.6 Å². The predicted molar refractivity (Wildman–Crippen MR) is 145 cm³/mol. The van der Waals surface area contributed by atoms with Crippen molar-refractivity contribution in [3.8, 4) is 0 Å². The molecule has 0 saturated heterocycles. The summed E-state index contributed by atoms with van der Waals surface area (Å²) in [4.78, 5) is 37.1. The number of aromatic nitrogens is 2. The molecule has 1 atom stereocenters. The van der Waals surface area contributed by atoms with Crippen LogP contribution >= 0.6 is 0 Å². The van der Waals surface area contributed by atoms with E-state index >= 15 is 0 Å². The third kappa shape index (κ3) is 6.35. The first kappa shape index (κ1) is 28.8. The van der Waals surface area contributed by atoms with Gasteiger partial charge in [0.15, 0.2) is 12.0 Å². The average Bonchev–Trinajstić information content (AvgIpc) is 3.52. The van der Waals surface area contributed by atoms with Gasteiger partial charge in [-0.2, -0.15) is 13.2 Å². The Hall–Kier alpha value is -4.15. The largest absolute Gasteiger partial charge is 0.417 e. The third-order valence-electron chi connectivity index (χ3n) is 6.96. The Morgan fingerprint density at radius 3 is 2.48 bits per heavy atom. The van der Waals surface area contributed by atoms with E-state index in [2.05, 4.69) is 30.7 Å². The number of fused-ring (bicyclic) bond motifs is 1. The number of hydrogen-bond acceptors (Lipinski definition) is 5. The van der Waals surface area contributed by atoms with Crippen LogP contribution in [0.2, 0.25) is 0 Å². The van der Waals surface area contributed by atoms with Crippen molar-refractivity contribution in [1.29, 1.82) is 0 Å². The maximum absolute atomic E-state index is 13.8. The van der Waals surface area contributed by atoms with Gasteiger partial charge in [0, 0.05) is 25.5 Å². The van der Waals surface area contributed by atoms with Crippen molar-refractivity contribution in [2.24, 2.45) is 16.6 Å². The smallest absolute Gasteiger partial charge is 0.369 e. The Morgan fingerprint density at radius 1 is 1.12 bits per heavy atom. The van der Waals surface area contributed by atoms with Crippen molar-refractivity contribution in [3.63, 3.8) is 0 Å². The van der Waals surface area contributed by atoms with E-state index in [9.17, 15) is 22.8 Å². The molecule has 8 nitrogen and oxygen atoms in total. The molecule has 2 aliphatic heterocycles. The number of amides is 2. The lowest BCUT2D eigenvalue weighted by atomic mass is 10.0. The molecule has 11 heteroatoms. The fourth-order valence-electron chi connectivity index (χ4n) is 4.34.